The second-order valence-corrected chi connectivity index (χ2v) is 11.7. The lowest BCUT2D eigenvalue weighted by Gasteiger charge is -2.59. The van der Waals surface area contributed by atoms with E-state index in [0.717, 1.165) is 43.8 Å². The lowest BCUT2D eigenvalue weighted by molar-refractivity contribution is -0.185. The van der Waals surface area contributed by atoms with Gasteiger partial charge in [0.15, 0.2) is 5.79 Å². The first kappa shape index (κ1) is 16.0. The highest BCUT2D eigenvalue weighted by atomic mass is 32.2. The Kier molecular flexibility index (Phi) is 3.13. The quantitative estimate of drug-likeness (QED) is 0.438. The third-order valence-electron chi connectivity index (χ3n) is 9.71. The molecule has 0 amide bonds. The van der Waals surface area contributed by atoms with Gasteiger partial charge in [-0.15, -0.1) is 0 Å². The van der Waals surface area contributed by atoms with E-state index >= 15 is 0 Å². The Morgan fingerprint density at radius 1 is 1.00 bits per heavy atom. The van der Waals surface area contributed by atoms with Crippen LogP contribution in [0.4, 0.5) is 0 Å². The van der Waals surface area contributed by atoms with E-state index < -0.39 is 0 Å². The highest BCUT2D eigenvalue weighted by Gasteiger charge is 2.68. The van der Waals surface area contributed by atoms with Gasteiger partial charge in [-0.2, -0.15) is 11.8 Å². The van der Waals surface area contributed by atoms with Crippen molar-refractivity contribution < 1.29 is 9.47 Å². The fourth-order valence-electron chi connectivity index (χ4n) is 8.00. The van der Waals surface area contributed by atoms with Crippen molar-refractivity contribution >= 4 is 11.8 Å². The molecule has 0 bridgehead atoms. The zero-order valence-corrected chi connectivity index (χ0v) is 16.6. The van der Waals surface area contributed by atoms with Crippen LogP contribution in [0.15, 0.2) is 11.6 Å². The monoisotopic (exact) mass is 360 g/mol. The first-order valence-corrected chi connectivity index (χ1v) is 11.6. The summed E-state index contributed by atoms with van der Waals surface area (Å²) in [6, 6.07) is 0. The lowest BCUT2D eigenvalue weighted by atomic mass is 9.47. The second kappa shape index (κ2) is 4.89. The van der Waals surface area contributed by atoms with Crippen molar-refractivity contribution in [1.82, 2.24) is 0 Å². The smallest absolute Gasteiger partial charge is 0.172 e. The van der Waals surface area contributed by atoms with Crippen LogP contribution in [0.1, 0.15) is 65.2 Å². The molecule has 2 nitrogen and oxygen atoms in total. The molecule has 6 atom stereocenters. The van der Waals surface area contributed by atoms with Gasteiger partial charge in [0.05, 0.1) is 13.2 Å². The molecule has 0 N–H and O–H groups in total. The minimum atomic E-state index is -0.260. The van der Waals surface area contributed by atoms with Crippen LogP contribution in [0.2, 0.25) is 0 Å². The molecule has 2 saturated heterocycles. The Balaban J connectivity index is 1.33. The molecule has 25 heavy (non-hydrogen) atoms. The largest absolute Gasteiger partial charge is 0.347 e. The van der Waals surface area contributed by atoms with Crippen LogP contribution in [-0.2, 0) is 9.47 Å². The summed E-state index contributed by atoms with van der Waals surface area (Å²) in [5.74, 6) is 4.01. The van der Waals surface area contributed by atoms with E-state index in [1.54, 1.807) is 5.57 Å². The molecule has 0 aromatic rings. The van der Waals surface area contributed by atoms with Crippen molar-refractivity contribution in [2.75, 3.05) is 19.0 Å². The second-order valence-electron chi connectivity index (χ2n) is 10.3. The summed E-state index contributed by atoms with van der Waals surface area (Å²) in [4.78, 5) is 0. The van der Waals surface area contributed by atoms with E-state index in [1.807, 2.05) is 0 Å². The maximum atomic E-state index is 6.07. The molecular formula is C22H32O2S. The molecule has 3 heteroatoms. The molecule has 6 rings (SSSR count). The van der Waals surface area contributed by atoms with Gasteiger partial charge in [-0.1, -0.05) is 25.5 Å². The Morgan fingerprint density at radius 2 is 1.76 bits per heavy atom. The van der Waals surface area contributed by atoms with Crippen molar-refractivity contribution in [1.29, 1.82) is 0 Å². The van der Waals surface area contributed by atoms with Crippen molar-refractivity contribution in [3.63, 3.8) is 0 Å². The minimum Gasteiger partial charge on any atom is -0.347 e. The maximum absolute atomic E-state index is 6.07. The average molecular weight is 361 g/mol. The first-order valence-electron chi connectivity index (χ1n) is 10.6. The fourth-order valence-corrected chi connectivity index (χ4v) is 9.50. The summed E-state index contributed by atoms with van der Waals surface area (Å²) in [6.07, 6.45) is 13.3. The van der Waals surface area contributed by atoms with E-state index in [1.165, 1.54) is 44.3 Å². The lowest BCUT2D eigenvalue weighted by Crippen LogP contribution is -2.53. The molecule has 138 valence electrons. The molecule has 4 aliphatic carbocycles. The van der Waals surface area contributed by atoms with Gasteiger partial charge in [-0.05, 0) is 67.1 Å². The number of allylic oxidation sites excluding steroid dienone is 1. The molecule has 0 aromatic carbocycles. The molecule has 0 radical (unpaired) electrons. The third kappa shape index (κ3) is 1.91. The van der Waals surface area contributed by atoms with Crippen LogP contribution < -0.4 is 0 Å². The fraction of sp³-hybridized carbons (Fsp3) is 0.909. The molecule has 3 unspecified atom stereocenters. The van der Waals surface area contributed by atoms with Gasteiger partial charge in [0.2, 0.25) is 0 Å². The van der Waals surface area contributed by atoms with Crippen molar-refractivity contribution in [3.05, 3.63) is 11.6 Å². The van der Waals surface area contributed by atoms with Crippen molar-refractivity contribution in [2.45, 2.75) is 75.7 Å². The molecule has 5 fully saturated rings. The molecule has 6 aliphatic rings. The molecule has 2 aliphatic heterocycles. The molecule has 0 aromatic heterocycles. The summed E-state index contributed by atoms with van der Waals surface area (Å²) in [6.45, 7) is 6.84. The van der Waals surface area contributed by atoms with E-state index in [4.69, 9.17) is 9.47 Å². The predicted molar refractivity (Wildman–Crippen MR) is 102 cm³/mol. The Bertz CT molecular complexity index is 632. The highest BCUT2D eigenvalue weighted by Crippen LogP contribution is 2.75. The van der Waals surface area contributed by atoms with Crippen LogP contribution in [0.25, 0.3) is 0 Å². The summed E-state index contributed by atoms with van der Waals surface area (Å²) in [7, 11) is 0. The van der Waals surface area contributed by atoms with Gasteiger partial charge in [0.25, 0.3) is 0 Å². The highest BCUT2D eigenvalue weighted by molar-refractivity contribution is 8.08. The summed E-state index contributed by atoms with van der Waals surface area (Å²) < 4.78 is 12.8. The SMILES string of the molecule is C[C@]12CCC3(CC1=CCC1C2CC[C@@]2(C)C1CC[C@]21CS1)OCCO3. The van der Waals surface area contributed by atoms with Crippen molar-refractivity contribution in [3.8, 4) is 0 Å². The first-order chi connectivity index (χ1) is 12.0. The third-order valence-corrected chi connectivity index (χ3v) is 11.4. The predicted octanol–water partition coefficient (Wildman–Crippen LogP) is 5.18. The van der Waals surface area contributed by atoms with Crippen LogP contribution in [-0.4, -0.2) is 29.5 Å². The number of thioether (sulfide) groups is 1. The molecular weight excluding hydrogens is 328 g/mol. The van der Waals surface area contributed by atoms with Crippen molar-refractivity contribution in [2.24, 2.45) is 28.6 Å². The van der Waals surface area contributed by atoms with Gasteiger partial charge in [0, 0.05) is 23.3 Å². The average Bonchev–Trinajstić information content (AvgIpc) is 3.18. The van der Waals surface area contributed by atoms with E-state index in [9.17, 15) is 0 Å². The zero-order chi connectivity index (χ0) is 16.9. The van der Waals surface area contributed by atoms with Crippen LogP contribution >= 0.6 is 11.8 Å². The summed E-state index contributed by atoms with van der Waals surface area (Å²) in [5.41, 5.74) is 2.73. The minimum absolute atomic E-state index is 0.260. The Hall–Kier alpha value is 0.01000. The van der Waals surface area contributed by atoms with Gasteiger partial charge in [-0.3, -0.25) is 0 Å². The number of fused-ring (bicyclic) bond motifs is 6. The topological polar surface area (TPSA) is 18.5 Å². The summed E-state index contributed by atoms with van der Waals surface area (Å²) >= 11 is 2.29. The number of rotatable bonds is 0. The molecule has 2 heterocycles. The number of hydrogen-bond acceptors (Lipinski definition) is 3. The molecule has 3 saturated carbocycles. The summed E-state index contributed by atoms with van der Waals surface area (Å²) in [5, 5.41) is 0. The van der Waals surface area contributed by atoms with Gasteiger partial charge < -0.3 is 9.47 Å². The van der Waals surface area contributed by atoms with Crippen LogP contribution in [0, 0.1) is 28.6 Å². The maximum Gasteiger partial charge on any atom is 0.172 e. The van der Waals surface area contributed by atoms with Gasteiger partial charge in [0.1, 0.15) is 0 Å². The number of hydrogen-bond donors (Lipinski definition) is 0. The van der Waals surface area contributed by atoms with Crippen LogP contribution in [0.5, 0.6) is 0 Å². The normalized spacial score (nSPS) is 55.6. The van der Waals surface area contributed by atoms with Crippen LogP contribution in [0.3, 0.4) is 0 Å². The standard InChI is InChI=1S/C22H32O2S/c1-19-9-10-22(23-11-12-24-22)13-15(19)3-4-16-17(19)5-7-20(2)18(16)6-8-21(20)14-25-21/h3,16-18H,4-14H2,1-2H3/t16?,17?,18?,19-,20-,21-/m0/s1. The van der Waals surface area contributed by atoms with E-state index in [-0.39, 0.29) is 5.79 Å². The Morgan fingerprint density at radius 3 is 2.52 bits per heavy atom. The zero-order valence-electron chi connectivity index (χ0n) is 15.8. The van der Waals surface area contributed by atoms with Gasteiger partial charge in [-0.25, -0.2) is 0 Å². The van der Waals surface area contributed by atoms with E-state index in [0.29, 0.717) is 15.6 Å². The molecule has 2 spiro atoms. The van der Waals surface area contributed by atoms with E-state index in [2.05, 4.69) is 31.7 Å². The number of ether oxygens (including phenoxy) is 2. The Labute approximate surface area is 156 Å². The van der Waals surface area contributed by atoms with Gasteiger partial charge >= 0.3 is 0 Å².